The molecule has 3 rings (SSSR count). The van der Waals surface area contributed by atoms with Gasteiger partial charge in [0.05, 0.1) is 11.4 Å². The third-order valence-electron chi connectivity index (χ3n) is 3.93. The number of rotatable bonds is 4. The molecule has 22 heavy (non-hydrogen) atoms. The molecule has 0 bridgehead atoms. The molecule has 1 N–H and O–H groups in total. The van der Waals surface area contributed by atoms with Crippen LogP contribution in [0.4, 0.5) is 5.69 Å². The molecule has 0 unspecified atom stereocenters. The number of hydrogen-bond donors (Lipinski definition) is 1. The van der Waals surface area contributed by atoms with Crippen LogP contribution in [-0.2, 0) is 6.54 Å². The van der Waals surface area contributed by atoms with Crippen LogP contribution in [-0.4, -0.2) is 9.78 Å². The highest BCUT2D eigenvalue weighted by Crippen LogP contribution is 2.19. The molecule has 0 atom stereocenters. The molecule has 0 spiro atoms. The summed E-state index contributed by atoms with van der Waals surface area (Å²) < 4.78 is 2.02. The zero-order chi connectivity index (χ0) is 15.5. The molecule has 3 nitrogen and oxygen atoms in total. The van der Waals surface area contributed by atoms with E-state index in [1.165, 1.54) is 16.8 Å². The lowest BCUT2D eigenvalue weighted by molar-refractivity contribution is 0.833. The van der Waals surface area contributed by atoms with Crippen LogP contribution in [0, 0.1) is 20.8 Å². The van der Waals surface area contributed by atoms with E-state index >= 15 is 0 Å². The number of benzene rings is 2. The minimum Gasteiger partial charge on any atom is -0.381 e. The van der Waals surface area contributed by atoms with Gasteiger partial charge in [-0.2, -0.15) is 5.10 Å². The Morgan fingerprint density at radius 2 is 1.73 bits per heavy atom. The standard InChI is InChI=1S/C19H21N3/c1-14-8-7-9-17(12-14)20-13-19-15(2)21-22(16(19)3)18-10-5-4-6-11-18/h4-12,20H,13H2,1-3H3. The highest BCUT2D eigenvalue weighted by Gasteiger charge is 2.12. The maximum atomic E-state index is 4.69. The highest BCUT2D eigenvalue weighted by molar-refractivity contribution is 5.47. The molecule has 0 saturated heterocycles. The van der Waals surface area contributed by atoms with Crippen molar-refractivity contribution in [2.45, 2.75) is 27.3 Å². The molecule has 3 aromatic rings. The van der Waals surface area contributed by atoms with Gasteiger partial charge in [0.2, 0.25) is 0 Å². The Hall–Kier alpha value is -2.55. The summed E-state index contributed by atoms with van der Waals surface area (Å²) in [6, 6.07) is 18.7. The summed E-state index contributed by atoms with van der Waals surface area (Å²) in [6.07, 6.45) is 0. The molecule has 2 aromatic carbocycles. The van der Waals surface area contributed by atoms with E-state index in [0.29, 0.717) is 0 Å². The number of para-hydroxylation sites is 1. The normalized spacial score (nSPS) is 10.7. The molecule has 3 heteroatoms. The minimum atomic E-state index is 0.786. The van der Waals surface area contributed by atoms with Crippen molar-refractivity contribution < 1.29 is 0 Å². The van der Waals surface area contributed by atoms with Gasteiger partial charge in [-0.05, 0) is 50.6 Å². The molecule has 0 aliphatic carbocycles. The van der Waals surface area contributed by atoms with E-state index < -0.39 is 0 Å². The molecular weight excluding hydrogens is 270 g/mol. The summed E-state index contributed by atoms with van der Waals surface area (Å²) in [6.45, 7) is 7.09. The van der Waals surface area contributed by atoms with Crippen LogP contribution in [0.5, 0.6) is 0 Å². The molecule has 1 aromatic heterocycles. The first-order valence-electron chi connectivity index (χ1n) is 7.56. The van der Waals surface area contributed by atoms with Crippen LogP contribution in [0.25, 0.3) is 5.69 Å². The van der Waals surface area contributed by atoms with Gasteiger partial charge in [-0.1, -0.05) is 30.3 Å². The highest BCUT2D eigenvalue weighted by atomic mass is 15.3. The lowest BCUT2D eigenvalue weighted by atomic mass is 10.1. The maximum absolute atomic E-state index is 4.69. The number of hydrogen-bond acceptors (Lipinski definition) is 2. The van der Waals surface area contributed by atoms with E-state index in [-0.39, 0.29) is 0 Å². The van der Waals surface area contributed by atoms with E-state index in [4.69, 9.17) is 0 Å². The van der Waals surface area contributed by atoms with Crippen molar-refractivity contribution in [2.24, 2.45) is 0 Å². The SMILES string of the molecule is Cc1cccc(NCc2c(C)nn(-c3ccccc3)c2C)c1. The smallest absolute Gasteiger partial charge is 0.0650 e. The van der Waals surface area contributed by atoms with Crippen molar-refractivity contribution in [3.8, 4) is 5.69 Å². The third-order valence-corrected chi connectivity index (χ3v) is 3.93. The van der Waals surface area contributed by atoms with Crippen molar-refractivity contribution >= 4 is 5.69 Å². The van der Waals surface area contributed by atoms with Crippen LogP contribution >= 0.6 is 0 Å². The van der Waals surface area contributed by atoms with Gasteiger partial charge in [0.25, 0.3) is 0 Å². The van der Waals surface area contributed by atoms with E-state index in [1.54, 1.807) is 0 Å². The largest absolute Gasteiger partial charge is 0.381 e. The summed E-state index contributed by atoms with van der Waals surface area (Å²) >= 11 is 0. The average Bonchev–Trinajstić information content (AvgIpc) is 2.81. The fourth-order valence-corrected chi connectivity index (χ4v) is 2.70. The van der Waals surface area contributed by atoms with Crippen molar-refractivity contribution in [3.63, 3.8) is 0 Å². The summed E-state index contributed by atoms with van der Waals surface area (Å²) in [4.78, 5) is 0. The Labute approximate surface area is 131 Å². The van der Waals surface area contributed by atoms with Crippen molar-refractivity contribution in [1.82, 2.24) is 9.78 Å². The van der Waals surface area contributed by atoms with Gasteiger partial charge in [-0.25, -0.2) is 4.68 Å². The molecular formula is C19H21N3. The first-order chi connectivity index (χ1) is 10.6. The summed E-state index contributed by atoms with van der Waals surface area (Å²) in [5.41, 5.74) is 7.02. The maximum Gasteiger partial charge on any atom is 0.0650 e. The quantitative estimate of drug-likeness (QED) is 0.771. The Kier molecular flexibility index (Phi) is 3.96. The van der Waals surface area contributed by atoms with Crippen LogP contribution in [0.15, 0.2) is 54.6 Å². The Balaban J connectivity index is 1.84. The fourth-order valence-electron chi connectivity index (χ4n) is 2.70. The van der Waals surface area contributed by atoms with Gasteiger partial charge >= 0.3 is 0 Å². The molecule has 112 valence electrons. The third kappa shape index (κ3) is 2.89. The number of aryl methyl sites for hydroxylation is 2. The number of nitrogens with zero attached hydrogens (tertiary/aromatic N) is 2. The van der Waals surface area contributed by atoms with Crippen molar-refractivity contribution in [1.29, 1.82) is 0 Å². The van der Waals surface area contributed by atoms with E-state index in [0.717, 1.165) is 23.6 Å². The first-order valence-corrected chi connectivity index (χ1v) is 7.56. The molecule has 1 heterocycles. The monoisotopic (exact) mass is 291 g/mol. The van der Waals surface area contributed by atoms with Gasteiger partial charge in [0.15, 0.2) is 0 Å². The molecule has 0 aliphatic heterocycles. The van der Waals surface area contributed by atoms with Crippen molar-refractivity contribution in [2.75, 3.05) is 5.32 Å². The Morgan fingerprint density at radius 3 is 2.45 bits per heavy atom. The summed E-state index contributed by atoms with van der Waals surface area (Å²) in [5.74, 6) is 0. The van der Waals surface area contributed by atoms with E-state index in [1.807, 2.05) is 22.9 Å². The topological polar surface area (TPSA) is 29.9 Å². The Bertz CT molecular complexity index is 773. The summed E-state index contributed by atoms with van der Waals surface area (Å²) in [5, 5.41) is 8.18. The number of aromatic nitrogens is 2. The zero-order valence-corrected chi connectivity index (χ0v) is 13.3. The average molecular weight is 291 g/mol. The van der Waals surface area contributed by atoms with Gasteiger partial charge in [0.1, 0.15) is 0 Å². The van der Waals surface area contributed by atoms with Crippen LogP contribution < -0.4 is 5.32 Å². The minimum absolute atomic E-state index is 0.786. The van der Waals surface area contributed by atoms with Crippen LogP contribution in [0.1, 0.15) is 22.5 Å². The zero-order valence-electron chi connectivity index (χ0n) is 13.3. The predicted molar refractivity (Wildman–Crippen MR) is 91.5 cm³/mol. The fraction of sp³-hybridized carbons (Fsp3) is 0.211. The van der Waals surface area contributed by atoms with Crippen LogP contribution in [0.3, 0.4) is 0 Å². The molecule has 0 fully saturated rings. The second-order valence-corrected chi connectivity index (χ2v) is 5.62. The van der Waals surface area contributed by atoms with Gasteiger partial charge in [-0.3, -0.25) is 0 Å². The van der Waals surface area contributed by atoms with Crippen molar-refractivity contribution in [3.05, 3.63) is 77.1 Å². The molecule has 0 radical (unpaired) electrons. The second kappa shape index (κ2) is 6.06. The number of anilines is 1. The summed E-state index contributed by atoms with van der Waals surface area (Å²) in [7, 11) is 0. The predicted octanol–water partition coefficient (Wildman–Crippen LogP) is 4.41. The second-order valence-electron chi connectivity index (χ2n) is 5.62. The molecule has 0 aliphatic rings. The van der Waals surface area contributed by atoms with Gasteiger partial charge < -0.3 is 5.32 Å². The van der Waals surface area contributed by atoms with E-state index in [2.05, 4.69) is 67.6 Å². The Morgan fingerprint density at radius 1 is 0.955 bits per heavy atom. The van der Waals surface area contributed by atoms with Crippen LogP contribution in [0.2, 0.25) is 0 Å². The van der Waals surface area contributed by atoms with E-state index in [9.17, 15) is 0 Å². The molecule has 0 amide bonds. The van der Waals surface area contributed by atoms with Gasteiger partial charge in [0, 0.05) is 23.5 Å². The molecule has 0 saturated carbocycles. The first kappa shape index (κ1) is 14.4. The lowest BCUT2D eigenvalue weighted by Crippen LogP contribution is -2.03. The number of nitrogens with one attached hydrogen (secondary N) is 1. The van der Waals surface area contributed by atoms with Gasteiger partial charge in [-0.15, -0.1) is 0 Å². The lowest BCUT2D eigenvalue weighted by Gasteiger charge is -2.08.